The summed E-state index contributed by atoms with van der Waals surface area (Å²) in [6.07, 6.45) is 0. The van der Waals surface area contributed by atoms with Crippen LogP contribution in [-0.4, -0.2) is 17.9 Å². The van der Waals surface area contributed by atoms with Crippen LogP contribution in [0.2, 0.25) is 0 Å². The Kier molecular flexibility index (Phi) is 3.85. The number of anilines is 1. The largest absolute Gasteiger partial charge is 0.398 e. The van der Waals surface area contributed by atoms with Gasteiger partial charge in [0.25, 0.3) is 5.91 Å². The Bertz CT molecular complexity index is 590. The highest BCUT2D eigenvalue weighted by Gasteiger charge is 2.15. The summed E-state index contributed by atoms with van der Waals surface area (Å²) in [6.45, 7) is 2.25. The first-order valence-electron chi connectivity index (χ1n) is 5.83. The molecule has 3 nitrogen and oxygen atoms in total. The maximum Gasteiger partial charge on any atom is 0.264 e. The summed E-state index contributed by atoms with van der Waals surface area (Å²) >= 11 is 1.37. The summed E-state index contributed by atoms with van der Waals surface area (Å²) in [5, 5.41) is 0. The standard InChI is InChI=1S/C14H15FN2OS/c1-9-12(16)7-13(19-9)14(18)17(2)8-10-4-3-5-11(15)6-10/h3-7H,8,16H2,1-2H3. The van der Waals surface area contributed by atoms with Gasteiger partial charge in [-0.2, -0.15) is 0 Å². The average molecular weight is 278 g/mol. The van der Waals surface area contributed by atoms with Gasteiger partial charge in [0.15, 0.2) is 0 Å². The maximum atomic E-state index is 13.1. The van der Waals surface area contributed by atoms with E-state index in [0.29, 0.717) is 17.1 Å². The van der Waals surface area contributed by atoms with Crippen molar-refractivity contribution >= 4 is 22.9 Å². The molecule has 2 N–H and O–H groups in total. The van der Waals surface area contributed by atoms with E-state index < -0.39 is 0 Å². The van der Waals surface area contributed by atoms with E-state index >= 15 is 0 Å². The van der Waals surface area contributed by atoms with E-state index in [1.54, 1.807) is 30.1 Å². The van der Waals surface area contributed by atoms with Crippen molar-refractivity contribution in [1.29, 1.82) is 0 Å². The molecular formula is C14H15FN2OS. The van der Waals surface area contributed by atoms with Crippen molar-refractivity contribution in [2.24, 2.45) is 0 Å². The third kappa shape index (κ3) is 3.12. The predicted octanol–water partition coefficient (Wildman–Crippen LogP) is 3.05. The molecule has 2 aromatic rings. The third-order valence-electron chi connectivity index (χ3n) is 2.82. The minimum atomic E-state index is -0.297. The molecule has 1 aromatic carbocycles. The Morgan fingerprint density at radius 1 is 1.42 bits per heavy atom. The van der Waals surface area contributed by atoms with Gasteiger partial charge in [-0.3, -0.25) is 4.79 Å². The number of halogens is 1. The van der Waals surface area contributed by atoms with Crippen LogP contribution in [0.25, 0.3) is 0 Å². The van der Waals surface area contributed by atoms with E-state index in [1.165, 1.54) is 23.5 Å². The molecule has 2 rings (SSSR count). The lowest BCUT2D eigenvalue weighted by Crippen LogP contribution is -2.25. The first kappa shape index (κ1) is 13.5. The van der Waals surface area contributed by atoms with Gasteiger partial charge in [0.05, 0.1) is 4.88 Å². The van der Waals surface area contributed by atoms with Crippen LogP contribution in [0.4, 0.5) is 10.1 Å². The highest BCUT2D eigenvalue weighted by atomic mass is 32.1. The van der Waals surface area contributed by atoms with Crippen LogP contribution in [0.5, 0.6) is 0 Å². The SMILES string of the molecule is Cc1sc(C(=O)N(C)Cc2cccc(F)c2)cc1N. The Balaban J connectivity index is 2.11. The van der Waals surface area contributed by atoms with Crippen molar-refractivity contribution in [2.75, 3.05) is 12.8 Å². The summed E-state index contributed by atoms with van der Waals surface area (Å²) in [4.78, 5) is 15.3. The lowest BCUT2D eigenvalue weighted by Gasteiger charge is -2.16. The Morgan fingerprint density at radius 3 is 2.74 bits per heavy atom. The van der Waals surface area contributed by atoms with E-state index in [0.717, 1.165) is 10.4 Å². The number of benzene rings is 1. The lowest BCUT2D eigenvalue weighted by molar-refractivity contribution is 0.0789. The Hall–Kier alpha value is -1.88. The highest BCUT2D eigenvalue weighted by molar-refractivity contribution is 7.14. The molecule has 1 aromatic heterocycles. The van der Waals surface area contributed by atoms with E-state index in [1.807, 2.05) is 6.92 Å². The monoisotopic (exact) mass is 278 g/mol. The Morgan fingerprint density at radius 2 is 2.16 bits per heavy atom. The number of hydrogen-bond donors (Lipinski definition) is 1. The summed E-state index contributed by atoms with van der Waals surface area (Å²) in [7, 11) is 1.69. The van der Waals surface area contributed by atoms with Crippen LogP contribution >= 0.6 is 11.3 Å². The molecule has 19 heavy (non-hydrogen) atoms. The first-order chi connectivity index (χ1) is 8.97. The number of thiophene rings is 1. The van der Waals surface area contributed by atoms with Crippen LogP contribution in [0.15, 0.2) is 30.3 Å². The van der Waals surface area contributed by atoms with Gasteiger partial charge in [-0.05, 0) is 30.7 Å². The fourth-order valence-corrected chi connectivity index (χ4v) is 2.71. The average Bonchev–Trinajstić information content (AvgIpc) is 2.68. The molecule has 0 fully saturated rings. The number of aryl methyl sites for hydroxylation is 1. The zero-order chi connectivity index (χ0) is 14.0. The fraction of sp³-hybridized carbons (Fsp3) is 0.214. The molecule has 0 aliphatic rings. The van der Waals surface area contributed by atoms with Gasteiger partial charge in [-0.25, -0.2) is 4.39 Å². The van der Waals surface area contributed by atoms with Crippen LogP contribution in [0, 0.1) is 12.7 Å². The van der Waals surface area contributed by atoms with Crippen molar-refractivity contribution in [1.82, 2.24) is 4.90 Å². The number of carbonyl (C=O) groups excluding carboxylic acids is 1. The van der Waals surface area contributed by atoms with Crippen molar-refractivity contribution in [3.63, 3.8) is 0 Å². The smallest absolute Gasteiger partial charge is 0.264 e. The molecule has 0 atom stereocenters. The fourth-order valence-electron chi connectivity index (χ4n) is 1.77. The molecule has 0 unspecified atom stereocenters. The lowest BCUT2D eigenvalue weighted by atomic mass is 10.2. The summed E-state index contributed by atoms with van der Waals surface area (Å²) in [6, 6.07) is 7.92. The summed E-state index contributed by atoms with van der Waals surface area (Å²) in [5.41, 5.74) is 7.13. The normalized spacial score (nSPS) is 10.5. The molecule has 1 amide bonds. The van der Waals surface area contributed by atoms with Gasteiger partial charge in [0.1, 0.15) is 5.82 Å². The van der Waals surface area contributed by atoms with Crippen LogP contribution < -0.4 is 5.73 Å². The second-order valence-corrected chi connectivity index (χ2v) is 5.67. The molecule has 100 valence electrons. The number of rotatable bonds is 3. The number of hydrogen-bond acceptors (Lipinski definition) is 3. The van der Waals surface area contributed by atoms with Crippen LogP contribution in [0.1, 0.15) is 20.1 Å². The Labute approximate surface area is 115 Å². The van der Waals surface area contributed by atoms with Gasteiger partial charge < -0.3 is 10.6 Å². The summed E-state index contributed by atoms with van der Waals surface area (Å²) < 4.78 is 13.1. The molecule has 0 aliphatic heterocycles. The van der Waals surface area contributed by atoms with Crippen molar-refractivity contribution in [3.05, 3.63) is 51.5 Å². The van der Waals surface area contributed by atoms with E-state index in [2.05, 4.69) is 0 Å². The molecule has 0 saturated heterocycles. The molecule has 0 saturated carbocycles. The van der Waals surface area contributed by atoms with Gasteiger partial charge >= 0.3 is 0 Å². The minimum absolute atomic E-state index is 0.103. The number of nitrogen functional groups attached to an aromatic ring is 1. The van der Waals surface area contributed by atoms with Gasteiger partial charge in [0.2, 0.25) is 0 Å². The van der Waals surface area contributed by atoms with Gasteiger partial charge in [-0.1, -0.05) is 12.1 Å². The van der Waals surface area contributed by atoms with Crippen LogP contribution in [0.3, 0.4) is 0 Å². The summed E-state index contributed by atoms with van der Waals surface area (Å²) in [5.74, 6) is -0.399. The second kappa shape index (κ2) is 5.40. The third-order valence-corrected chi connectivity index (χ3v) is 3.88. The zero-order valence-corrected chi connectivity index (χ0v) is 11.6. The second-order valence-electron chi connectivity index (χ2n) is 4.41. The first-order valence-corrected chi connectivity index (χ1v) is 6.65. The molecule has 5 heteroatoms. The number of carbonyl (C=O) groups is 1. The maximum absolute atomic E-state index is 13.1. The molecule has 1 heterocycles. The quantitative estimate of drug-likeness (QED) is 0.938. The highest BCUT2D eigenvalue weighted by Crippen LogP contribution is 2.24. The minimum Gasteiger partial charge on any atom is -0.398 e. The van der Waals surface area contributed by atoms with Crippen LogP contribution in [-0.2, 0) is 6.54 Å². The molecule has 0 spiro atoms. The van der Waals surface area contributed by atoms with Gasteiger partial charge in [-0.15, -0.1) is 11.3 Å². The van der Waals surface area contributed by atoms with E-state index in [9.17, 15) is 9.18 Å². The van der Waals surface area contributed by atoms with E-state index in [-0.39, 0.29) is 11.7 Å². The molecule has 0 aliphatic carbocycles. The van der Waals surface area contributed by atoms with Crippen molar-refractivity contribution < 1.29 is 9.18 Å². The predicted molar refractivity (Wildman–Crippen MR) is 75.7 cm³/mol. The molecule has 0 radical (unpaired) electrons. The van der Waals surface area contributed by atoms with Crippen molar-refractivity contribution in [3.8, 4) is 0 Å². The number of nitrogens with two attached hydrogens (primary N) is 1. The zero-order valence-electron chi connectivity index (χ0n) is 10.8. The number of nitrogens with zero attached hydrogens (tertiary/aromatic N) is 1. The number of amides is 1. The van der Waals surface area contributed by atoms with Gasteiger partial charge in [0, 0.05) is 24.2 Å². The van der Waals surface area contributed by atoms with Crippen molar-refractivity contribution in [2.45, 2.75) is 13.5 Å². The topological polar surface area (TPSA) is 46.3 Å². The molecular weight excluding hydrogens is 263 g/mol. The van der Waals surface area contributed by atoms with E-state index in [4.69, 9.17) is 5.73 Å². The molecule has 0 bridgehead atoms.